The van der Waals surface area contributed by atoms with E-state index in [2.05, 4.69) is 41.9 Å². The first-order valence-electron chi connectivity index (χ1n) is 12.8. The van der Waals surface area contributed by atoms with Crippen molar-refractivity contribution in [1.82, 2.24) is 0 Å². The lowest BCUT2D eigenvalue weighted by atomic mass is 9.60. The summed E-state index contributed by atoms with van der Waals surface area (Å²) in [5, 5.41) is 34.6. The summed E-state index contributed by atoms with van der Waals surface area (Å²) in [5.74, 6) is 1.73. The molecule has 4 rings (SSSR count). The van der Waals surface area contributed by atoms with Gasteiger partial charge in [-0.2, -0.15) is 0 Å². The van der Waals surface area contributed by atoms with Gasteiger partial charge in [0.2, 0.25) is 0 Å². The molecule has 6 heteroatoms. The first-order chi connectivity index (χ1) is 16.0. The van der Waals surface area contributed by atoms with Crippen LogP contribution >= 0.6 is 27.3 Å². The number of carbonyl (C=O) groups excluding carboxylic acids is 1. The third-order valence-corrected chi connectivity index (χ3v) is 10.6. The molecule has 188 valence electrons. The minimum absolute atomic E-state index is 0.104. The Balaban J connectivity index is 1.54. The van der Waals surface area contributed by atoms with Crippen molar-refractivity contribution in [1.29, 1.82) is 0 Å². The summed E-state index contributed by atoms with van der Waals surface area (Å²) in [6, 6.07) is 1.91. The summed E-state index contributed by atoms with van der Waals surface area (Å²) in [4.78, 5) is 12.2. The van der Waals surface area contributed by atoms with Crippen LogP contribution in [0.3, 0.4) is 0 Å². The van der Waals surface area contributed by atoms with Crippen molar-refractivity contribution in [3.8, 4) is 0 Å². The zero-order valence-electron chi connectivity index (χ0n) is 20.6. The van der Waals surface area contributed by atoms with E-state index in [1.165, 1.54) is 42.6 Å². The molecule has 3 aliphatic rings. The Morgan fingerprint density at radius 1 is 1.32 bits per heavy atom. The molecule has 1 aromatic heterocycles. The number of carbonyl (C=O) groups is 1. The van der Waals surface area contributed by atoms with Crippen LogP contribution in [0.5, 0.6) is 0 Å². The molecule has 0 aromatic carbocycles. The Labute approximate surface area is 216 Å². The number of rotatable bonds is 6. The van der Waals surface area contributed by atoms with Crippen LogP contribution in [0, 0.1) is 30.1 Å². The molecule has 0 aliphatic heterocycles. The van der Waals surface area contributed by atoms with Crippen LogP contribution in [0.25, 0.3) is 0 Å². The average molecular weight is 552 g/mol. The number of hydrogen-bond donors (Lipinski definition) is 3. The molecule has 3 saturated carbocycles. The number of thiophene rings is 1. The van der Waals surface area contributed by atoms with Crippen LogP contribution in [0.2, 0.25) is 0 Å². The molecule has 4 nitrogen and oxygen atoms in total. The Bertz CT molecular complexity index is 967. The molecule has 34 heavy (non-hydrogen) atoms. The lowest BCUT2D eigenvalue weighted by molar-refractivity contribution is -0.141. The van der Waals surface area contributed by atoms with E-state index < -0.39 is 17.8 Å². The normalized spacial score (nSPS) is 39.4. The predicted molar refractivity (Wildman–Crippen MR) is 141 cm³/mol. The Hall–Kier alpha value is -0.790. The van der Waals surface area contributed by atoms with Gasteiger partial charge < -0.3 is 15.3 Å². The van der Waals surface area contributed by atoms with Crippen LogP contribution in [0.1, 0.15) is 82.1 Å². The topological polar surface area (TPSA) is 77.8 Å². The minimum Gasteiger partial charge on any atom is -0.390 e. The zero-order valence-corrected chi connectivity index (χ0v) is 23.0. The molecule has 1 aromatic rings. The summed E-state index contributed by atoms with van der Waals surface area (Å²) in [7, 11) is 0. The van der Waals surface area contributed by atoms with E-state index in [4.69, 9.17) is 0 Å². The molecule has 0 amide bonds. The fourth-order valence-electron chi connectivity index (χ4n) is 7.22. The molecule has 3 aliphatic carbocycles. The first kappa shape index (κ1) is 26.3. The van der Waals surface area contributed by atoms with Crippen molar-refractivity contribution < 1.29 is 20.1 Å². The van der Waals surface area contributed by atoms with Crippen LogP contribution in [-0.2, 0) is 10.4 Å². The molecule has 3 N–H and O–H groups in total. The van der Waals surface area contributed by atoms with E-state index >= 15 is 0 Å². The van der Waals surface area contributed by atoms with Gasteiger partial charge in [-0.05, 0) is 108 Å². The molecule has 3 fully saturated rings. The maximum absolute atomic E-state index is 11.4. The average Bonchev–Trinajstić information content (AvgIpc) is 3.37. The summed E-state index contributed by atoms with van der Waals surface area (Å²) >= 11 is 4.53. The predicted octanol–water partition coefficient (Wildman–Crippen LogP) is 6.17. The second kappa shape index (κ2) is 10.3. The molecular formula is C28H39BrO4S. The highest BCUT2D eigenvalue weighted by molar-refractivity contribution is 9.18. The van der Waals surface area contributed by atoms with Gasteiger partial charge >= 0.3 is 0 Å². The van der Waals surface area contributed by atoms with Crippen molar-refractivity contribution in [2.45, 2.75) is 96.4 Å². The second-order valence-corrected chi connectivity index (χ2v) is 13.1. The number of aryl methyl sites for hydroxylation is 1. The quantitative estimate of drug-likeness (QED) is 0.370. The maximum atomic E-state index is 11.4. The van der Waals surface area contributed by atoms with Gasteiger partial charge in [0, 0.05) is 17.7 Å². The Morgan fingerprint density at radius 3 is 2.76 bits per heavy atom. The van der Waals surface area contributed by atoms with Gasteiger partial charge in [0.15, 0.2) is 4.69 Å². The maximum Gasteiger partial charge on any atom is 0.197 e. The van der Waals surface area contributed by atoms with Gasteiger partial charge in [0.05, 0.1) is 6.10 Å². The van der Waals surface area contributed by atoms with Crippen LogP contribution in [0.15, 0.2) is 34.7 Å². The van der Waals surface area contributed by atoms with E-state index in [9.17, 15) is 20.1 Å². The second-order valence-electron chi connectivity index (χ2n) is 11.3. The van der Waals surface area contributed by atoms with Crippen LogP contribution in [0.4, 0.5) is 0 Å². The number of hydrogen-bond acceptors (Lipinski definition) is 5. The molecule has 0 saturated heterocycles. The van der Waals surface area contributed by atoms with Crippen molar-refractivity contribution in [2.24, 2.45) is 23.2 Å². The van der Waals surface area contributed by atoms with Crippen molar-refractivity contribution in [3.05, 3.63) is 45.2 Å². The van der Waals surface area contributed by atoms with Crippen molar-refractivity contribution in [2.75, 3.05) is 0 Å². The van der Waals surface area contributed by atoms with Gasteiger partial charge in [0.1, 0.15) is 11.7 Å². The number of halogens is 1. The summed E-state index contributed by atoms with van der Waals surface area (Å²) in [5.41, 5.74) is 2.37. The van der Waals surface area contributed by atoms with Gasteiger partial charge in [-0.25, -0.2) is 0 Å². The molecular weight excluding hydrogens is 512 g/mol. The van der Waals surface area contributed by atoms with Crippen LogP contribution < -0.4 is 0 Å². The minimum atomic E-state index is -1.44. The summed E-state index contributed by atoms with van der Waals surface area (Å²) in [6.07, 6.45) is 10.4. The van der Waals surface area contributed by atoms with E-state index in [0.717, 1.165) is 28.9 Å². The van der Waals surface area contributed by atoms with Gasteiger partial charge in [-0.1, -0.05) is 37.1 Å². The molecule has 0 radical (unpaired) electrons. The Kier molecular flexibility index (Phi) is 7.96. The highest BCUT2D eigenvalue weighted by Crippen LogP contribution is 2.60. The van der Waals surface area contributed by atoms with Crippen LogP contribution in [-0.4, -0.2) is 32.2 Å². The standard InChI is InChI=1S/C28H39BrO4S/c1-17-13-24(34-16-17)28(33)15-19(14-23(30)26(28)32)7-8-20-5-4-12-27(3)21(9-10-22(20)27)18(2)6-11-25(29)31/h7-8,13,16,18,21-23,26,30,32-33H,4-6,9-12,14-15H2,1-3H3/b19-7?,20-8+/t18-,21-,22+,23-,26+,27-,28+/m1/s1. The smallest absolute Gasteiger partial charge is 0.197 e. The molecule has 0 spiro atoms. The zero-order chi connectivity index (χ0) is 24.7. The van der Waals surface area contributed by atoms with E-state index in [1.54, 1.807) is 0 Å². The first-order valence-corrected chi connectivity index (χ1v) is 14.4. The molecule has 7 atom stereocenters. The van der Waals surface area contributed by atoms with Crippen molar-refractivity contribution >= 4 is 32.0 Å². The van der Waals surface area contributed by atoms with Gasteiger partial charge in [0.25, 0.3) is 0 Å². The third-order valence-electron chi connectivity index (χ3n) is 9.03. The lowest BCUT2D eigenvalue weighted by Crippen LogP contribution is -2.50. The van der Waals surface area contributed by atoms with E-state index in [-0.39, 0.29) is 10.1 Å². The van der Waals surface area contributed by atoms with E-state index in [1.807, 2.05) is 18.4 Å². The summed E-state index contributed by atoms with van der Waals surface area (Å²) < 4.78 is 0.104. The van der Waals surface area contributed by atoms with E-state index in [0.29, 0.717) is 37.0 Å². The fraction of sp³-hybridized carbons (Fsp3) is 0.679. The number of aliphatic hydroxyl groups is 3. The Morgan fingerprint density at radius 2 is 2.09 bits per heavy atom. The third kappa shape index (κ3) is 5.04. The van der Waals surface area contributed by atoms with Gasteiger partial charge in [-0.3, -0.25) is 4.79 Å². The number of aliphatic hydroxyl groups excluding tert-OH is 2. The largest absolute Gasteiger partial charge is 0.390 e. The summed E-state index contributed by atoms with van der Waals surface area (Å²) in [6.45, 7) is 6.75. The fourth-order valence-corrected chi connectivity index (χ4v) is 8.48. The SMILES string of the molecule is Cc1csc([C@@]2(O)CC(=C/C=C3\CCC[C@]4(C)[C@@H]([C@H](C)CCC(=O)Br)CC[C@@H]34)C[C@@H](O)[C@@H]2O)c1. The number of allylic oxidation sites excluding steroid dienone is 3. The molecule has 0 unspecified atom stereocenters. The monoisotopic (exact) mass is 550 g/mol. The highest BCUT2D eigenvalue weighted by atomic mass is 79.9. The highest BCUT2D eigenvalue weighted by Gasteiger charge is 2.51. The number of fused-ring (bicyclic) bond motifs is 1. The molecule has 1 heterocycles. The van der Waals surface area contributed by atoms with Gasteiger partial charge in [-0.15, -0.1) is 11.3 Å². The lowest BCUT2D eigenvalue weighted by Gasteiger charge is -2.44. The molecule has 0 bridgehead atoms. The van der Waals surface area contributed by atoms with Crippen molar-refractivity contribution in [3.63, 3.8) is 0 Å².